The van der Waals surface area contributed by atoms with Crippen molar-refractivity contribution in [3.8, 4) is 16.8 Å². The minimum Gasteiger partial charge on any atom is -0.657 e. The number of nitrogens with zero attached hydrogens (tertiary/aromatic N) is 2. The van der Waals surface area contributed by atoms with Gasteiger partial charge in [-0.2, -0.15) is 0 Å². The van der Waals surface area contributed by atoms with Gasteiger partial charge in [0.25, 0.3) is 0 Å². The molecule has 0 spiro atoms. The fraction of sp³-hybridized carbons (Fsp3) is 0.0784. The van der Waals surface area contributed by atoms with Gasteiger partial charge in [0, 0.05) is 77.1 Å². The first kappa shape index (κ1) is 38.4. The number of fused-ring (bicyclic) bond motifs is 7. The van der Waals surface area contributed by atoms with E-state index in [0.717, 1.165) is 49.7 Å². The molecule has 2 aliphatic rings. The van der Waals surface area contributed by atoms with Crippen molar-refractivity contribution < 1.29 is 32.7 Å². The smallest absolute Gasteiger partial charge is 0.0696 e. The molecule has 1 radical (unpaired) electrons. The fourth-order valence-corrected chi connectivity index (χ4v) is 8.97. The fourth-order valence-electron chi connectivity index (χ4n) is 7.93. The summed E-state index contributed by atoms with van der Waals surface area (Å²) >= 11 is 1.62. The van der Waals surface area contributed by atoms with Gasteiger partial charge in [0.15, 0.2) is 0 Å². The number of hydrogen-bond acceptors (Lipinski definition) is 3. The van der Waals surface area contributed by atoms with Gasteiger partial charge < -0.3 is 14.9 Å². The maximum Gasteiger partial charge on any atom is 0.0696 e. The molecule has 2 N–H and O–H groups in total. The summed E-state index contributed by atoms with van der Waals surface area (Å²) in [6.45, 7) is 9.45. The van der Waals surface area contributed by atoms with Crippen LogP contribution >= 0.6 is 11.8 Å². The average Bonchev–Trinajstić information content (AvgIpc) is 4.00. The predicted octanol–water partition coefficient (Wildman–Crippen LogP) is 13.6. The molecule has 275 valence electrons. The summed E-state index contributed by atoms with van der Waals surface area (Å²) in [4.78, 5) is 6.80. The van der Waals surface area contributed by atoms with Gasteiger partial charge in [-0.1, -0.05) is 147 Å². The molecule has 0 fully saturated rings. The molecule has 2 aliphatic heterocycles. The van der Waals surface area contributed by atoms with Crippen molar-refractivity contribution >= 4 is 72.3 Å². The Bertz CT molecular complexity index is 2960. The van der Waals surface area contributed by atoms with Crippen molar-refractivity contribution in [3.63, 3.8) is 0 Å². The molecule has 0 aliphatic carbocycles. The van der Waals surface area contributed by atoms with E-state index in [4.69, 9.17) is 10.4 Å². The molecule has 6 heteroatoms. The Morgan fingerprint density at radius 2 is 1.47 bits per heavy atom. The normalized spacial score (nSPS) is 15.9. The van der Waals surface area contributed by atoms with Crippen LogP contribution in [0.1, 0.15) is 30.9 Å². The Hall–Kier alpha value is -5.46. The molecule has 57 heavy (non-hydrogen) atoms. The Labute approximate surface area is 363 Å². The quantitative estimate of drug-likeness (QED) is 0.164. The van der Waals surface area contributed by atoms with Crippen molar-refractivity contribution in [2.24, 2.45) is 0 Å². The predicted molar refractivity (Wildman–Crippen MR) is 242 cm³/mol. The third kappa shape index (κ3) is 7.32. The van der Waals surface area contributed by atoms with Gasteiger partial charge >= 0.3 is 0 Å². The molecular formula is C51H41N4SY-. The number of benzene rings is 6. The molecule has 0 bridgehead atoms. The average molecular weight is 831 g/mol. The van der Waals surface area contributed by atoms with Gasteiger partial charge in [0.1, 0.15) is 0 Å². The number of anilines is 1. The van der Waals surface area contributed by atoms with Crippen LogP contribution in [-0.4, -0.2) is 16.8 Å². The number of para-hydroxylation sites is 3. The van der Waals surface area contributed by atoms with E-state index < -0.39 is 0 Å². The van der Waals surface area contributed by atoms with Crippen LogP contribution in [0.3, 0.4) is 0 Å². The molecule has 10 rings (SSSR count). The molecule has 0 saturated carbocycles. The Morgan fingerprint density at radius 3 is 2.28 bits per heavy atom. The minimum absolute atomic E-state index is 0. The van der Waals surface area contributed by atoms with Gasteiger partial charge in [-0.25, -0.2) is 0 Å². The molecule has 1 unspecified atom stereocenters. The van der Waals surface area contributed by atoms with Crippen LogP contribution in [0.15, 0.2) is 186 Å². The van der Waals surface area contributed by atoms with Crippen molar-refractivity contribution in [1.29, 1.82) is 5.41 Å². The summed E-state index contributed by atoms with van der Waals surface area (Å²) in [6, 6.07) is 47.5. The Balaban J connectivity index is 0.000000359. The van der Waals surface area contributed by atoms with E-state index in [-0.39, 0.29) is 32.7 Å². The van der Waals surface area contributed by atoms with Crippen molar-refractivity contribution in [2.75, 3.05) is 11.9 Å². The number of thioether (sulfide) groups is 1. The first-order valence-corrected chi connectivity index (χ1v) is 19.9. The third-order valence-electron chi connectivity index (χ3n) is 10.7. The zero-order valence-electron chi connectivity index (χ0n) is 32.0. The van der Waals surface area contributed by atoms with Gasteiger partial charge in [-0.05, 0) is 94.1 Å². The molecule has 4 heterocycles. The second kappa shape index (κ2) is 16.6. The first-order valence-electron chi connectivity index (χ1n) is 19.1. The maximum atomic E-state index is 8.64. The number of rotatable bonds is 6. The van der Waals surface area contributed by atoms with E-state index in [9.17, 15) is 0 Å². The number of hydrogen-bond donors (Lipinski definition) is 2. The second-order valence-electron chi connectivity index (χ2n) is 14.3. The number of aromatic nitrogens is 2. The maximum absolute atomic E-state index is 8.64. The molecule has 1 atom stereocenters. The number of allylic oxidation sites excluding steroid dienone is 8. The number of nitrogens with one attached hydrogen (secondary N) is 2. The van der Waals surface area contributed by atoms with Crippen LogP contribution in [0.2, 0.25) is 0 Å². The summed E-state index contributed by atoms with van der Waals surface area (Å²) in [5.41, 5.74) is 13.1. The zero-order chi connectivity index (χ0) is 38.2. The molecule has 4 nitrogen and oxygen atoms in total. The zero-order valence-corrected chi connectivity index (χ0v) is 35.7. The molecule has 8 aromatic rings. The molecule has 0 saturated heterocycles. The van der Waals surface area contributed by atoms with Crippen molar-refractivity contribution in [3.05, 3.63) is 197 Å². The van der Waals surface area contributed by atoms with Crippen molar-refractivity contribution in [2.45, 2.75) is 19.8 Å². The third-order valence-corrected chi connectivity index (χ3v) is 11.9. The van der Waals surface area contributed by atoms with E-state index in [2.05, 4.69) is 151 Å². The topological polar surface area (TPSA) is 54.9 Å². The van der Waals surface area contributed by atoms with E-state index in [1.54, 1.807) is 11.8 Å². The standard InChI is InChI=1S/C42H30N3S.C9H11N.Y/c1-3-5-6-11-31-26-37(43)42(46-31)32(4-2)27-16-20-30(21-17-27)45-40-15-10-8-13-34(40)35-22-18-29(25-41(35)45)28-19-23-39-36(24-28)33-12-7-9-14-38(33)44-39;1-7-6-10-9-5-3-2-4-8(7)9;/h3-26,43H,2H2,1H3;2-5,7,10H,6H2,1H3;/q-1;;/b5-3-,11-6-,42-32-,43-37?;;. The van der Waals surface area contributed by atoms with Crippen LogP contribution in [0, 0.1) is 5.41 Å². The van der Waals surface area contributed by atoms with Crippen LogP contribution in [-0.2, 0) is 32.7 Å². The summed E-state index contributed by atoms with van der Waals surface area (Å²) in [5, 5.41) is 16.8. The van der Waals surface area contributed by atoms with E-state index in [1.165, 1.54) is 49.4 Å². The molecule has 6 aromatic carbocycles. The second-order valence-corrected chi connectivity index (χ2v) is 15.3. The summed E-state index contributed by atoms with van der Waals surface area (Å²) in [7, 11) is 0. The monoisotopic (exact) mass is 830 g/mol. The molecule has 0 amide bonds. The largest absolute Gasteiger partial charge is 0.657 e. The molecular weight excluding hydrogens is 790 g/mol. The van der Waals surface area contributed by atoms with E-state index in [0.29, 0.717) is 11.6 Å². The summed E-state index contributed by atoms with van der Waals surface area (Å²) in [5.74, 6) is 0.691. The van der Waals surface area contributed by atoms with Gasteiger partial charge in [-0.15, -0.1) is 11.0 Å². The van der Waals surface area contributed by atoms with Gasteiger partial charge in [0.2, 0.25) is 0 Å². The van der Waals surface area contributed by atoms with E-state index in [1.807, 2.05) is 49.4 Å². The minimum atomic E-state index is 0. The summed E-state index contributed by atoms with van der Waals surface area (Å²) < 4.78 is 2.36. The van der Waals surface area contributed by atoms with Crippen LogP contribution in [0.4, 0.5) is 5.69 Å². The SMILES string of the molecule is C=C/C(=C1/SC(/C=C\C=C/C)=CC1=N)c1ccc(-n2c3ccccc3c3ccc(-c4ccc5[n-]c6ccccc6c5c4)cc32)cc1.CC1CNc2ccccc21.[Y]. The molecule has 2 aromatic heterocycles. The Kier molecular flexibility index (Phi) is 11.2. The van der Waals surface area contributed by atoms with Crippen LogP contribution < -0.4 is 10.3 Å². The van der Waals surface area contributed by atoms with Gasteiger partial charge in [0.05, 0.1) is 16.7 Å². The Morgan fingerprint density at radius 1 is 0.772 bits per heavy atom. The van der Waals surface area contributed by atoms with E-state index >= 15 is 0 Å². The van der Waals surface area contributed by atoms with Gasteiger partial charge in [-0.3, -0.25) is 5.41 Å². The first-order chi connectivity index (χ1) is 27.5. The van der Waals surface area contributed by atoms with Crippen LogP contribution in [0.25, 0.3) is 66.0 Å². The summed E-state index contributed by atoms with van der Waals surface area (Å²) in [6.07, 6.45) is 11.8. The van der Waals surface area contributed by atoms with Crippen LogP contribution in [0.5, 0.6) is 0 Å². The van der Waals surface area contributed by atoms with Crippen molar-refractivity contribution in [1.82, 2.24) is 9.55 Å².